The predicted molar refractivity (Wildman–Crippen MR) is 74.2 cm³/mol. The molecule has 0 saturated carbocycles. The monoisotopic (exact) mass is 318 g/mol. The number of halogens is 1. The average Bonchev–Trinajstić information content (AvgIpc) is 2.36. The zero-order chi connectivity index (χ0) is 13.5. The highest BCUT2D eigenvalue weighted by molar-refractivity contribution is 9.10. The molecule has 1 rings (SSSR count). The highest BCUT2D eigenvalue weighted by atomic mass is 79.9. The third-order valence-electron chi connectivity index (χ3n) is 2.72. The van der Waals surface area contributed by atoms with Crippen LogP contribution in [0.3, 0.4) is 0 Å². The van der Waals surface area contributed by atoms with E-state index in [2.05, 4.69) is 28.2 Å². The van der Waals surface area contributed by atoms with E-state index in [9.17, 15) is 0 Å². The Morgan fingerprint density at radius 2 is 1.83 bits per heavy atom. The Kier molecular flexibility index (Phi) is 6.46. The predicted octanol–water partition coefficient (Wildman–Crippen LogP) is 1.56. The Hall–Kier alpha value is -0.780. The summed E-state index contributed by atoms with van der Waals surface area (Å²) >= 11 is 3.49. The summed E-state index contributed by atoms with van der Waals surface area (Å²) < 4.78 is 16.7. The number of methoxy groups -OCH3 is 3. The first kappa shape index (κ1) is 15.3. The van der Waals surface area contributed by atoms with Gasteiger partial charge in [-0.1, -0.05) is 0 Å². The molecule has 0 aromatic heterocycles. The van der Waals surface area contributed by atoms with Crippen LogP contribution in [0.5, 0.6) is 11.5 Å². The largest absolute Gasteiger partial charge is 0.496 e. The molecule has 1 atom stereocenters. The smallest absolute Gasteiger partial charge is 0.136 e. The topological polar surface area (TPSA) is 44.3 Å². The van der Waals surface area contributed by atoms with Crippen LogP contribution in [-0.4, -0.2) is 34.0 Å². The van der Waals surface area contributed by atoms with Crippen LogP contribution in [-0.2, 0) is 11.3 Å². The van der Waals surface area contributed by atoms with Crippen molar-refractivity contribution in [1.29, 1.82) is 0 Å². The van der Waals surface area contributed by atoms with Crippen LogP contribution in [0.25, 0.3) is 0 Å². The van der Waals surface area contributed by atoms with Gasteiger partial charge in [0.1, 0.15) is 24.1 Å². The van der Waals surface area contributed by atoms with Gasteiger partial charge in [0.15, 0.2) is 0 Å². The molecule has 18 heavy (non-hydrogen) atoms. The van der Waals surface area contributed by atoms with Crippen molar-refractivity contribution < 1.29 is 19.5 Å². The number of nitrogens with two attached hydrogens (primary N) is 1. The van der Waals surface area contributed by atoms with Gasteiger partial charge < -0.3 is 19.5 Å². The van der Waals surface area contributed by atoms with Gasteiger partial charge >= 0.3 is 0 Å². The van der Waals surface area contributed by atoms with Gasteiger partial charge in [-0.3, -0.25) is 0 Å². The Bertz CT molecular complexity index is 385. The van der Waals surface area contributed by atoms with Crippen molar-refractivity contribution in [2.24, 2.45) is 0 Å². The lowest BCUT2D eigenvalue weighted by atomic mass is 10.1. The summed E-state index contributed by atoms with van der Waals surface area (Å²) in [5, 5.41) is 2.22. The van der Waals surface area contributed by atoms with E-state index >= 15 is 0 Å². The zero-order valence-electron chi connectivity index (χ0n) is 11.3. The first-order chi connectivity index (χ1) is 8.62. The molecule has 102 valence electrons. The van der Waals surface area contributed by atoms with Crippen molar-refractivity contribution >= 4 is 15.9 Å². The van der Waals surface area contributed by atoms with Gasteiger partial charge in [0.2, 0.25) is 0 Å². The number of hydrogen-bond donors (Lipinski definition) is 1. The second kappa shape index (κ2) is 7.61. The molecule has 0 radical (unpaired) electrons. The Morgan fingerprint density at radius 1 is 1.17 bits per heavy atom. The fourth-order valence-corrected chi connectivity index (χ4v) is 2.29. The fraction of sp³-hybridized carbons (Fsp3) is 0.538. The van der Waals surface area contributed by atoms with Crippen LogP contribution in [0.1, 0.15) is 12.5 Å². The van der Waals surface area contributed by atoms with Crippen LogP contribution in [0.4, 0.5) is 0 Å². The molecule has 1 aromatic carbocycles. The number of rotatable bonds is 7. The van der Waals surface area contributed by atoms with E-state index in [-0.39, 0.29) is 0 Å². The molecule has 2 N–H and O–H groups in total. The lowest BCUT2D eigenvalue weighted by molar-refractivity contribution is -0.702. The fourth-order valence-electron chi connectivity index (χ4n) is 1.74. The second-order valence-electron chi connectivity index (χ2n) is 4.17. The van der Waals surface area contributed by atoms with Gasteiger partial charge in [0, 0.05) is 18.7 Å². The van der Waals surface area contributed by atoms with Crippen LogP contribution in [0, 0.1) is 0 Å². The highest BCUT2D eigenvalue weighted by Crippen LogP contribution is 2.32. The summed E-state index contributed by atoms with van der Waals surface area (Å²) in [6.07, 6.45) is 0. The minimum atomic E-state index is 0.417. The first-order valence-corrected chi connectivity index (χ1v) is 6.64. The van der Waals surface area contributed by atoms with Gasteiger partial charge in [-0.15, -0.1) is 0 Å². The molecule has 0 bridgehead atoms. The van der Waals surface area contributed by atoms with E-state index in [0.29, 0.717) is 6.04 Å². The minimum Gasteiger partial charge on any atom is -0.496 e. The molecule has 4 nitrogen and oxygen atoms in total. The summed E-state index contributed by atoms with van der Waals surface area (Å²) in [5.74, 6) is 1.62. The molecule has 0 spiro atoms. The van der Waals surface area contributed by atoms with Crippen molar-refractivity contribution in [3.05, 3.63) is 22.2 Å². The van der Waals surface area contributed by atoms with Crippen LogP contribution < -0.4 is 14.8 Å². The Balaban J connectivity index is 2.78. The van der Waals surface area contributed by atoms with Gasteiger partial charge in [0.05, 0.1) is 25.3 Å². The Labute approximate surface area is 117 Å². The summed E-state index contributed by atoms with van der Waals surface area (Å²) in [6.45, 7) is 3.71. The summed E-state index contributed by atoms with van der Waals surface area (Å²) in [6, 6.07) is 4.35. The minimum absolute atomic E-state index is 0.417. The third kappa shape index (κ3) is 4.15. The molecule has 0 saturated heterocycles. The zero-order valence-corrected chi connectivity index (χ0v) is 12.9. The summed E-state index contributed by atoms with van der Waals surface area (Å²) in [7, 11) is 5.03. The van der Waals surface area contributed by atoms with Gasteiger partial charge in [-0.25, -0.2) is 0 Å². The van der Waals surface area contributed by atoms with Gasteiger partial charge in [-0.05, 0) is 28.9 Å². The van der Waals surface area contributed by atoms with E-state index in [1.54, 1.807) is 21.3 Å². The molecule has 0 aliphatic carbocycles. The normalized spacial score (nSPS) is 12.3. The van der Waals surface area contributed by atoms with Crippen molar-refractivity contribution in [2.75, 3.05) is 27.9 Å². The van der Waals surface area contributed by atoms with E-state index in [1.807, 2.05) is 12.1 Å². The third-order valence-corrected chi connectivity index (χ3v) is 3.34. The number of ether oxygens (including phenoxy) is 3. The second-order valence-corrected chi connectivity index (χ2v) is 5.03. The van der Waals surface area contributed by atoms with E-state index in [1.165, 1.54) is 0 Å². The van der Waals surface area contributed by atoms with Crippen LogP contribution in [0.15, 0.2) is 16.6 Å². The van der Waals surface area contributed by atoms with Crippen molar-refractivity contribution in [2.45, 2.75) is 19.5 Å². The molecule has 0 unspecified atom stereocenters. The number of hydrogen-bond acceptors (Lipinski definition) is 3. The van der Waals surface area contributed by atoms with E-state index < -0.39 is 0 Å². The van der Waals surface area contributed by atoms with Crippen LogP contribution >= 0.6 is 15.9 Å². The van der Waals surface area contributed by atoms with Crippen molar-refractivity contribution in [3.63, 3.8) is 0 Å². The molecule has 0 aliphatic rings. The maximum atomic E-state index is 5.38. The molecule has 1 aromatic rings. The molecular formula is C13H21BrNO3+. The maximum absolute atomic E-state index is 5.38. The molecule has 0 amide bonds. The molecular weight excluding hydrogens is 298 g/mol. The van der Waals surface area contributed by atoms with Gasteiger partial charge in [-0.2, -0.15) is 0 Å². The standard InChI is InChI=1S/C13H20BrNO3/c1-9(8-16-2)15-7-10-5-11(14)13(18-4)6-12(10)17-3/h5-6,9,15H,7-8H2,1-4H3/p+1/t9-/m0/s1. The average molecular weight is 319 g/mol. The summed E-state index contributed by atoms with van der Waals surface area (Å²) in [5.41, 5.74) is 1.13. The quantitative estimate of drug-likeness (QED) is 0.830. The lowest BCUT2D eigenvalue weighted by Gasteiger charge is -2.14. The van der Waals surface area contributed by atoms with Crippen molar-refractivity contribution in [3.8, 4) is 11.5 Å². The van der Waals surface area contributed by atoms with Crippen molar-refractivity contribution in [1.82, 2.24) is 0 Å². The molecule has 5 heteroatoms. The van der Waals surface area contributed by atoms with Gasteiger partial charge in [0.25, 0.3) is 0 Å². The van der Waals surface area contributed by atoms with Crippen LogP contribution in [0.2, 0.25) is 0 Å². The molecule has 0 aliphatic heterocycles. The van der Waals surface area contributed by atoms with E-state index in [0.717, 1.165) is 34.7 Å². The molecule has 0 fully saturated rings. The first-order valence-electron chi connectivity index (χ1n) is 5.85. The summed E-state index contributed by atoms with van der Waals surface area (Å²) in [4.78, 5) is 0. The Morgan fingerprint density at radius 3 is 2.39 bits per heavy atom. The SMILES string of the molecule is COC[C@H](C)[NH2+]Cc1cc(Br)c(OC)cc1OC. The number of quaternary nitrogens is 1. The lowest BCUT2D eigenvalue weighted by Crippen LogP contribution is -2.88. The van der Waals surface area contributed by atoms with E-state index in [4.69, 9.17) is 14.2 Å². The number of benzene rings is 1. The maximum Gasteiger partial charge on any atom is 0.136 e. The highest BCUT2D eigenvalue weighted by Gasteiger charge is 2.12. The molecule has 0 heterocycles.